The lowest BCUT2D eigenvalue weighted by Gasteiger charge is -2.21. The van der Waals surface area contributed by atoms with E-state index in [0.717, 1.165) is 4.90 Å². The van der Waals surface area contributed by atoms with Crippen LogP contribution in [0.15, 0.2) is 24.3 Å². The number of carbonyl (C=O) groups is 5. The third kappa shape index (κ3) is 5.15. The summed E-state index contributed by atoms with van der Waals surface area (Å²) < 4.78 is 4.97. The maximum Gasteiger partial charge on any atom is 0.321 e. The summed E-state index contributed by atoms with van der Waals surface area (Å²) in [7, 11) is 0. The minimum atomic E-state index is -1.21. The first kappa shape index (κ1) is 21.1. The van der Waals surface area contributed by atoms with Gasteiger partial charge in [-0.2, -0.15) is 0 Å². The molecule has 150 valence electrons. The highest BCUT2D eigenvalue weighted by molar-refractivity contribution is 6.21. The van der Waals surface area contributed by atoms with E-state index in [1.165, 1.54) is 6.92 Å². The van der Waals surface area contributed by atoms with Gasteiger partial charge in [-0.25, -0.2) is 4.79 Å². The highest BCUT2D eigenvalue weighted by atomic mass is 16.5. The van der Waals surface area contributed by atoms with Gasteiger partial charge in [-0.3, -0.25) is 29.4 Å². The quantitative estimate of drug-likeness (QED) is 0.577. The van der Waals surface area contributed by atoms with Crippen molar-refractivity contribution in [2.75, 3.05) is 6.54 Å². The summed E-state index contributed by atoms with van der Waals surface area (Å²) in [6.07, 6.45) is -1.47. The number of hydrogen-bond acceptors (Lipinski definition) is 6. The molecule has 0 saturated carbocycles. The van der Waals surface area contributed by atoms with E-state index in [0.29, 0.717) is 11.1 Å². The smallest absolute Gasteiger partial charge is 0.321 e. The molecule has 1 atom stereocenters. The average molecular weight is 389 g/mol. The first-order valence-corrected chi connectivity index (χ1v) is 8.77. The van der Waals surface area contributed by atoms with Crippen molar-refractivity contribution in [2.24, 2.45) is 0 Å². The summed E-state index contributed by atoms with van der Waals surface area (Å²) in [5.74, 6) is -2.50. The first-order chi connectivity index (χ1) is 13.0. The SMILES string of the molecule is C[C@@H](OC(=O)CCN1C(=O)c2ccccc2C1=O)C(=O)NC(=O)NC(C)(C)C. The third-order valence-electron chi connectivity index (χ3n) is 3.82. The van der Waals surface area contributed by atoms with E-state index >= 15 is 0 Å². The largest absolute Gasteiger partial charge is 0.452 e. The number of rotatable bonds is 5. The van der Waals surface area contributed by atoms with Gasteiger partial charge in [0.25, 0.3) is 17.7 Å². The van der Waals surface area contributed by atoms with Gasteiger partial charge in [0.05, 0.1) is 17.5 Å². The summed E-state index contributed by atoms with van der Waals surface area (Å²) in [5.41, 5.74) is 0.0494. The van der Waals surface area contributed by atoms with Crippen LogP contribution in [0.2, 0.25) is 0 Å². The van der Waals surface area contributed by atoms with Gasteiger partial charge in [0, 0.05) is 12.1 Å². The molecule has 0 bridgehead atoms. The topological polar surface area (TPSA) is 122 Å². The minimum Gasteiger partial charge on any atom is -0.452 e. The first-order valence-electron chi connectivity index (χ1n) is 8.77. The molecule has 1 heterocycles. The Morgan fingerprint density at radius 1 is 1.07 bits per heavy atom. The van der Waals surface area contributed by atoms with Crippen molar-refractivity contribution >= 4 is 29.7 Å². The number of esters is 1. The second-order valence-electron chi connectivity index (χ2n) is 7.38. The fourth-order valence-corrected chi connectivity index (χ4v) is 2.54. The lowest BCUT2D eigenvalue weighted by Crippen LogP contribution is -2.50. The van der Waals surface area contributed by atoms with Gasteiger partial charge in [-0.15, -0.1) is 0 Å². The number of imide groups is 2. The molecule has 0 radical (unpaired) electrons. The van der Waals surface area contributed by atoms with Gasteiger partial charge in [-0.1, -0.05) is 12.1 Å². The highest BCUT2D eigenvalue weighted by Gasteiger charge is 2.35. The van der Waals surface area contributed by atoms with Crippen molar-refractivity contribution in [2.45, 2.75) is 45.8 Å². The number of nitrogens with zero attached hydrogens (tertiary/aromatic N) is 1. The van der Waals surface area contributed by atoms with Crippen LogP contribution < -0.4 is 10.6 Å². The highest BCUT2D eigenvalue weighted by Crippen LogP contribution is 2.22. The number of hydrogen-bond donors (Lipinski definition) is 2. The molecule has 1 aliphatic rings. The van der Waals surface area contributed by atoms with Crippen LogP contribution in [-0.2, 0) is 14.3 Å². The Morgan fingerprint density at radius 3 is 2.11 bits per heavy atom. The van der Waals surface area contributed by atoms with E-state index < -0.39 is 41.4 Å². The number of urea groups is 1. The lowest BCUT2D eigenvalue weighted by molar-refractivity contribution is -0.154. The number of fused-ring (bicyclic) bond motifs is 1. The molecule has 28 heavy (non-hydrogen) atoms. The standard InChI is InChI=1S/C19H23N3O6/c1-11(15(24)20-18(27)21-19(2,3)4)28-14(23)9-10-22-16(25)12-7-5-6-8-13(12)17(22)26/h5-8,11H,9-10H2,1-4H3,(H2,20,21,24,27)/t11-/m1/s1. The fourth-order valence-electron chi connectivity index (χ4n) is 2.54. The van der Waals surface area contributed by atoms with E-state index in [-0.39, 0.29) is 13.0 Å². The average Bonchev–Trinajstić information content (AvgIpc) is 2.82. The number of benzene rings is 1. The van der Waals surface area contributed by atoms with Crippen molar-refractivity contribution in [1.29, 1.82) is 0 Å². The van der Waals surface area contributed by atoms with Crippen LogP contribution in [0.3, 0.4) is 0 Å². The van der Waals surface area contributed by atoms with E-state index in [1.807, 2.05) is 0 Å². The molecule has 1 aromatic rings. The molecule has 0 aliphatic carbocycles. The van der Waals surface area contributed by atoms with E-state index in [4.69, 9.17) is 4.74 Å². The summed E-state index contributed by atoms with van der Waals surface area (Å²) in [5, 5.41) is 4.63. The molecule has 2 N–H and O–H groups in total. The molecule has 0 aromatic heterocycles. The number of amides is 5. The van der Waals surface area contributed by atoms with E-state index in [2.05, 4.69) is 10.6 Å². The molecular weight excluding hydrogens is 366 g/mol. The predicted molar refractivity (Wildman–Crippen MR) is 98.4 cm³/mol. The monoisotopic (exact) mass is 389 g/mol. The maximum atomic E-state index is 12.2. The Labute approximate surface area is 162 Å². The zero-order valence-electron chi connectivity index (χ0n) is 16.2. The molecule has 0 fully saturated rings. The van der Waals surface area contributed by atoms with Gasteiger partial charge in [-0.05, 0) is 39.8 Å². The molecular formula is C19H23N3O6. The van der Waals surface area contributed by atoms with Crippen molar-refractivity contribution in [3.05, 3.63) is 35.4 Å². The zero-order chi connectivity index (χ0) is 21.1. The minimum absolute atomic E-state index is 0.163. The maximum absolute atomic E-state index is 12.2. The Kier molecular flexibility index (Phi) is 6.17. The van der Waals surface area contributed by atoms with Crippen molar-refractivity contribution in [3.63, 3.8) is 0 Å². The summed E-state index contributed by atoms with van der Waals surface area (Å²) in [4.78, 5) is 61.0. The van der Waals surface area contributed by atoms with Crippen molar-refractivity contribution in [3.8, 4) is 0 Å². The normalized spacial score (nSPS) is 14.4. The van der Waals surface area contributed by atoms with Gasteiger partial charge < -0.3 is 10.1 Å². The van der Waals surface area contributed by atoms with E-state index in [9.17, 15) is 24.0 Å². The Hall–Kier alpha value is -3.23. The predicted octanol–water partition coefficient (Wildman–Crippen LogP) is 1.23. The van der Waals surface area contributed by atoms with Crippen LogP contribution in [0, 0.1) is 0 Å². The molecule has 0 spiro atoms. The molecule has 1 aliphatic heterocycles. The number of carbonyl (C=O) groups excluding carboxylic acids is 5. The van der Waals surface area contributed by atoms with Crippen LogP contribution in [0.5, 0.6) is 0 Å². The second-order valence-corrected chi connectivity index (χ2v) is 7.38. The van der Waals surface area contributed by atoms with Crippen LogP contribution >= 0.6 is 0 Å². The molecule has 0 saturated heterocycles. The fraction of sp³-hybridized carbons (Fsp3) is 0.421. The molecule has 0 unspecified atom stereocenters. The van der Waals surface area contributed by atoms with Crippen LogP contribution in [0.4, 0.5) is 4.79 Å². The van der Waals surface area contributed by atoms with Crippen LogP contribution in [0.25, 0.3) is 0 Å². The van der Waals surface area contributed by atoms with Crippen molar-refractivity contribution < 1.29 is 28.7 Å². The number of nitrogens with one attached hydrogen (secondary N) is 2. The molecule has 2 rings (SSSR count). The molecule has 5 amide bonds. The molecule has 9 nitrogen and oxygen atoms in total. The van der Waals surface area contributed by atoms with Crippen LogP contribution in [0.1, 0.15) is 54.8 Å². The van der Waals surface area contributed by atoms with Crippen LogP contribution in [-0.4, -0.2) is 52.8 Å². The lowest BCUT2D eigenvalue weighted by atomic mass is 10.1. The van der Waals surface area contributed by atoms with E-state index in [1.54, 1.807) is 45.0 Å². The molecule has 9 heteroatoms. The Morgan fingerprint density at radius 2 is 1.61 bits per heavy atom. The van der Waals surface area contributed by atoms with Gasteiger partial charge >= 0.3 is 12.0 Å². The molecule has 1 aromatic carbocycles. The number of ether oxygens (including phenoxy) is 1. The van der Waals surface area contributed by atoms with Crippen molar-refractivity contribution in [1.82, 2.24) is 15.5 Å². The Balaban J connectivity index is 1.83. The summed E-state index contributed by atoms with van der Waals surface area (Å²) in [6.45, 7) is 6.41. The summed E-state index contributed by atoms with van der Waals surface area (Å²) >= 11 is 0. The second kappa shape index (κ2) is 8.20. The van der Waals surface area contributed by atoms with Gasteiger partial charge in [0.15, 0.2) is 6.10 Å². The third-order valence-corrected chi connectivity index (χ3v) is 3.82. The van der Waals surface area contributed by atoms with Gasteiger partial charge in [0.2, 0.25) is 0 Å². The summed E-state index contributed by atoms with van der Waals surface area (Å²) in [6, 6.07) is 5.69. The zero-order valence-corrected chi connectivity index (χ0v) is 16.2. The Bertz CT molecular complexity index is 792. The van der Waals surface area contributed by atoms with Gasteiger partial charge in [0.1, 0.15) is 0 Å².